The molecule has 2 saturated carbocycles. The Morgan fingerprint density at radius 3 is 2.13 bits per heavy atom. The molecule has 3 atom stereocenters. The van der Waals surface area contributed by atoms with Crippen molar-refractivity contribution >= 4 is 0 Å². The van der Waals surface area contributed by atoms with Gasteiger partial charge in [0.25, 0.3) is 0 Å². The van der Waals surface area contributed by atoms with Crippen LogP contribution < -0.4 is 0 Å². The zero-order chi connectivity index (χ0) is 10.7. The molecule has 1 heteroatoms. The van der Waals surface area contributed by atoms with Crippen molar-refractivity contribution in [2.24, 2.45) is 17.8 Å². The Labute approximate surface area is 94.3 Å². The van der Waals surface area contributed by atoms with Gasteiger partial charge in [-0.2, -0.15) is 0 Å². The minimum atomic E-state index is -0.0720. The van der Waals surface area contributed by atoms with E-state index in [1.807, 2.05) is 6.92 Å². The molecule has 1 nitrogen and oxygen atoms in total. The summed E-state index contributed by atoms with van der Waals surface area (Å²) in [5.74, 6) is 2.40. The smallest absolute Gasteiger partial charge is 0.0543 e. The van der Waals surface area contributed by atoms with Crippen molar-refractivity contribution in [3.8, 4) is 0 Å². The van der Waals surface area contributed by atoms with E-state index < -0.39 is 0 Å². The Balaban J connectivity index is 1.96. The molecular weight excluding hydrogens is 184 g/mol. The van der Waals surface area contributed by atoms with Gasteiger partial charge in [0, 0.05) is 0 Å². The van der Waals surface area contributed by atoms with Gasteiger partial charge >= 0.3 is 0 Å². The summed E-state index contributed by atoms with van der Waals surface area (Å²) in [6, 6.07) is 0. The number of rotatable bonds is 2. The number of hydrogen-bond donors (Lipinski definition) is 1. The van der Waals surface area contributed by atoms with Crippen LogP contribution in [-0.2, 0) is 0 Å². The summed E-state index contributed by atoms with van der Waals surface area (Å²) < 4.78 is 0. The first-order valence-electron chi connectivity index (χ1n) is 6.97. The summed E-state index contributed by atoms with van der Waals surface area (Å²) in [6.45, 7) is 2.01. The molecule has 2 aliphatic carbocycles. The third kappa shape index (κ3) is 2.75. The molecule has 2 fully saturated rings. The Morgan fingerprint density at radius 2 is 1.47 bits per heavy atom. The lowest BCUT2D eigenvalue weighted by atomic mass is 9.66. The first-order chi connectivity index (χ1) is 7.29. The molecule has 0 aliphatic heterocycles. The minimum Gasteiger partial charge on any atom is -0.393 e. The predicted octanol–water partition coefficient (Wildman–Crippen LogP) is 3.75. The molecule has 0 spiro atoms. The largest absolute Gasteiger partial charge is 0.393 e. The van der Waals surface area contributed by atoms with E-state index in [2.05, 4.69) is 0 Å². The van der Waals surface area contributed by atoms with Gasteiger partial charge in [-0.15, -0.1) is 0 Å². The SMILES string of the molecule is CC(O)C1CCCCC1C1CCCCC1. The molecular formula is C14H26O. The average molecular weight is 210 g/mol. The van der Waals surface area contributed by atoms with Crippen molar-refractivity contribution in [1.29, 1.82) is 0 Å². The summed E-state index contributed by atoms with van der Waals surface area (Å²) in [4.78, 5) is 0. The van der Waals surface area contributed by atoms with Crippen LogP contribution in [0, 0.1) is 17.8 Å². The van der Waals surface area contributed by atoms with Gasteiger partial charge in [0.15, 0.2) is 0 Å². The fraction of sp³-hybridized carbons (Fsp3) is 1.00. The van der Waals surface area contributed by atoms with Crippen molar-refractivity contribution in [3.63, 3.8) is 0 Å². The first-order valence-corrected chi connectivity index (χ1v) is 6.97. The zero-order valence-electron chi connectivity index (χ0n) is 10.1. The summed E-state index contributed by atoms with van der Waals surface area (Å²) in [5, 5.41) is 9.88. The fourth-order valence-electron chi connectivity index (χ4n) is 3.93. The molecule has 0 aromatic rings. The average Bonchev–Trinajstić information content (AvgIpc) is 2.30. The standard InChI is InChI=1S/C14H26O/c1-11(15)13-9-5-6-10-14(13)12-7-3-2-4-8-12/h11-15H,2-10H2,1H3. The number of aliphatic hydroxyl groups excluding tert-OH is 1. The normalized spacial score (nSPS) is 36.4. The van der Waals surface area contributed by atoms with Gasteiger partial charge in [0.2, 0.25) is 0 Å². The highest BCUT2D eigenvalue weighted by molar-refractivity contribution is 4.85. The van der Waals surface area contributed by atoms with E-state index in [1.54, 1.807) is 0 Å². The highest BCUT2D eigenvalue weighted by atomic mass is 16.3. The monoisotopic (exact) mass is 210 g/mol. The highest BCUT2D eigenvalue weighted by Gasteiger charge is 2.34. The molecule has 0 amide bonds. The van der Waals surface area contributed by atoms with Gasteiger partial charge in [0.05, 0.1) is 6.10 Å². The maximum Gasteiger partial charge on any atom is 0.0543 e. The van der Waals surface area contributed by atoms with Gasteiger partial charge in [0.1, 0.15) is 0 Å². The maximum atomic E-state index is 9.88. The molecule has 88 valence electrons. The molecule has 0 heterocycles. The molecule has 0 bridgehead atoms. The van der Waals surface area contributed by atoms with E-state index in [0.29, 0.717) is 5.92 Å². The summed E-state index contributed by atoms with van der Waals surface area (Å²) in [6.07, 6.45) is 12.5. The summed E-state index contributed by atoms with van der Waals surface area (Å²) >= 11 is 0. The quantitative estimate of drug-likeness (QED) is 0.736. The van der Waals surface area contributed by atoms with Crippen molar-refractivity contribution in [1.82, 2.24) is 0 Å². The van der Waals surface area contributed by atoms with Crippen molar-refractivity contribution in [2.75, 3.05) is 0 Å². The highest BCUT2D eigenvalue weighted by Crippen LogP contribution is 2.42. The Bertz CT molecular complexity index is 182. The van der Waals surface area contributed by atoms with E-state index in [9.17, 15) is 5.11 Å². The van der Waals surface area contributed by atoms with Crippen LogP contribution in [0.15, 0.2) is 0 Å². The maximum absolute atomic E-state index is 9.88. The van der Waals surface area contributed by atoms with E-state index in [4.69, 9.17) is 0 Å². The van der Waals surface area contributed by atoms with Gasteiger partial charge in [-0.1, -0.05) is 44.9 Å². The Morgan fingerprint density at radius 1 is 0.867 bits per heavy atom. The molecule has 2 rings (SSSR count). The van der Waals surface area contributed by atoms with Crippen LogP contribution in [0.4, 0.5) is 0 Å². The third-order valence-electron chi connectivity index (χ3n) is 4.75. The molecule has 0 aromatic carbocycles. The van der Waals surface area contributed by atoms with E-state index in [1.165, 1.54) is 57.8 Å². The van der Waals surface area contributed by atoms with Gasteiger partial charge < -0.3 is 5.11 Å². The molecule has 15 heavy (non-hydrogen) atoms. The van der Waals surface area contributed by atoms with Crippen LogP contribution in [0.3, 0.4) is 0 Å². The predicted molar refractivity (Wildman–Crippen MR) is 63.7 cm³/mol. The van der Waals surface area contributed by atoms with Gasteiger partial charge in [-0.05, 0) is 37.5 Å². The fourth-order valence-corrected chi connectivity index (χ4v) is 3.93. The van der Waals surface area contributed by atoms with E-state index >= 15 is 0 Å². The van der Waals surface area contributed by atoms with Crippen LogP contribution in [0.5, 0.6) is 0 Å². The van der Waals surface area contributed by atoms with E-state index in [-0.39, 0.29) is 6.10 Å². The second kappa shape index (κ2) is 5.34. The molecule has 3 unspecified atom stereocenters. The second-order valence-corrected chi connectivity index (χ2v) is 5.75. The van der Waals surface area contributed by atoms with Crippen LogP contribution >= 0.6 is 0 Å². The van der Waals surface area contributed by atoms with Crippen LogP contribution in [0.2, 0.25) is 0 Å². The first kappa shape index (κ1) is 11.4. The Hall–Kier alpha value is -0.0400. The third-order valence-corrected chi connectivity index (χ3v) is 4.75. The molecule has 0 aromatic heterocycles. The van der Waals surface area contributed by atoms with Gasteiger partial charge in [-0.3, -0.25) is 0 Å². The molecule has 1 N–H and O–H groups in total. The summed E-state index contributed by atoms with van der Waals surface area (Å²) in [5.41, 5.74) is 0. The van der Waals surface area contributed by atoms with Crippen molar-refractivity contribution in [2.45, 2.75) is 70.8 Å². The van der Waals surface area contributed by atoms with Crippen LogP contribution in [-0.4, -0.2) is 11.2 Å². The lowest BCUT2D eigenvalue weighted by molar-refractivity contribution is 0.0261. The zero-order valence-corrected chi connectivity index (χ0v) is 10.1. The minimum absolute atomic E-state index is 0.0720. The topological polar surface area (TPSA) is 20.2 Å². The molecule has 0 radical (unpaired) electrons. The lowest BCUT2D eigenvalue weighted by Gasteiger charge is -2.40. The number of hydrogen-bond acceptors (Lipinski definition) is 1. The van der Waals surface area contributed by atoms with Crippen LogP contribution in [0.25, 0.3) is 0 Å². The van der Waals surface area contributed by atoms with E-state index in [0.717, 1.165) is 11.8 Å². The van der Waals surface area contributed by atoms with Crippen molar-refractivity contribution < 1.29 is 5.11 Å². The number of aliphatic hydroxyl groups is 1. The van der Waals surface area contributed by atoms with Crippen molar-refractivity contribution in [3.05, 3.63) is 0 Å². The van der Waals surface area contributed by atoms with Gasteiger partial charge in [-0.25, -0.2) is 0 Å². The Kier molecular flexibility index (Phi) is 4.07. The second-order valence-electron chi connectivity index (χ2n) is 5.75. The lowest BCUT2D eigenvalue weighted by Crippen LogP contribution is -2.34. The molecule has 2 aliphatic rings. The molecule has 0 saturated heterocycles. The summed E-state index contributed by atoms with van der Waals surface area (Å²) in [7, 11) is 0. The van der Waals surface area contributed by atoms with Crippen LogP contribution in [0.1, 0.15) is 64.7 Å².